The van der Waals surface area contributed by atoms with Crippen LogP contribution < -0.4 is 4.31 Å². The summed E-state index contributed by atoms with van der Waals surface area (Å²) < 4.78 is 26.7. The number of benzene rings is 1. The molecule has 0 unspecified atom stereocenters. The maximum atomic E-state index is 10.4. The molecule has 1 aromatic carbocycles. The van der Waals surface area contributed by atoms with Crippen LogP contribution in [0.15, 0.2) is 30.3 Å². The average molecular weight is 341 g/mol. The van der Waals surface area contributed by atoms with E-state index < -0.39 is 18.0 Å². The Morgan fingerprint density at radius 2 is 1.76 bits per heavy atom. The van der Waals surface area contributed by atoms with Crippen molar-refractivity contribution in [1.29, 1.82) is 0 Å². The Morgan fingerprint density at radius 1 is 1.24 bits per heavy atom. The molecule has 0 aromatic heterocycles. The average Bonchev–Trinajstić information content (AvgIpc) is 2.15. The molecule has 0 N–H and O–H groups in total. The van der Waals surface area contributed by atoms with Crippen molar-refractivity contribution in [2.75, 3.05) is 17.3 Å². The summed E-state index contributed by atoms with van der Waals surface area (Å²) >= 11 is 0. The molecule has 9 heteroatoms. The zero-order valence-electron chi connectivity index (χ0n) is 8.79. The van der Waals surface area contributed by atoms with Gasteiger partial charge in [-0.1, -0.05) is 25.2 Å². The van der Waals surface area contributed by atoms with Gasteiger partial charge in [-0.25, -0.2) is 12.6 Å². The predicted molar refractivity (Wildman–Crippen MR) is 77.7 cm³/mol. The Balaban J connectivity index is 3.04. The molecule has 0 saturated carbocycles. The molecule has 0 atom stereocenters. The summed E-state index contributed by atoms with van der Waals surface area (Å²) in [5.74, 6) is 0. The standard InChI is InChI=1S/C8H12Cl3NO3S2/c1-17(9,10,11)12(7-15-16(13)14)8-5-3-2-4-6-8/h2-6,16-17H,7H2,1H3. The van der Waals surface area contributed by atoms with Crippen molar-refractivity contribution in [3.8, 4) is 0 Å². The van der Waals surface area contributed by atoms with Crippen LogP contribution in [0.2, 0.25) is 0 Å². The fourth-order valence-corrected chi connectivity index (χ4v) is 3.56. The molecule has 0 heterocycles. The second kappa shape index (κ2) is 5.42. The van der Waals surface area contributed by atoms with Crippen molar-refractivity contribution in [1.82, 2.24) is 0 Å². The zero-order chi connectivity index (χ0) is 13.1. The van der Waals surface area contributed by atoms with E-state index in [9.17, 15) is 8.42 Å². The molecule has 0 amide bonds. The topological polar surface area (TPSA) is 46.6 Å². The van der Waals surface area contributed by atoms with E-state index in [1.54, 1.807) is 30.3 Å². The molecule has 0 aliphatic heterocycles. The number of hydrogen-bond donors (Lipinski definition) is 2. The molecule has 4 nitrogen and oxygen atoms in total. The molecule has 1 aromatic rings. The molecule has 0 radical (unpaired) electrons. The SMILES string of the molecule is C[SH](Cl)(Cl)(Cl)N(CO[SH](=O)=O)c1ccccc1. The van der Waals surface area contributed by atoms with E-state index in [4.69, 9.17) is 32.0 Å². The van der Waals surface area contributed by atoms with Crippen LogP contribution >= 0.6 is 39.0 Å². The van der Waals surface area contributed by atoms with Crippen LogP contribution in [0.3, 0.4) is 0 Å². The van der Waals surface area contributed by atoms with Crippen molar-refractivity contribution < 1.29 is 12.6 Å². The Kier molecular flexibility index (Phi) is 4.85. The van der Waals surface area contributed by atoms with E-state index in [1.165, 1.54) is 10.6 Å². The van der Waals surface area contributed by atoms with Crippen molar-refractivity contribution in [3.63, 3.8) is 0 Å². The Labute approximate surface area is 115 Å². The lowest BCUT2D eigenvalue weighted by Gasteiger charge is -2.50. The Hall–Kier alpha value is 0.150. The Morgan fingerprint density at radius 3 is 2.18 bits per heavy atom. The van der Waals surface area contributed by atoms with Crippen molar-refractivity contribution in [2.45, 2.75) is 0 Å². The fourth-order valence-electron chi connectivity index (χ4n) is 1.15. The van der Waals surface area contributed by atoms with Gasteiger partial charge in [-0.2, -0.15) is 0 Å². The number of rotatable bonds is 5. The summed E-state index contributed by atoms with van der Waals surface area (Å²) in [5, 5.41) is 0. The normalized spacial score (nSPS) is 14.3. The van der Waals surface area contributed by atoms with E-state index in [2.05, 4.69) is 4.18 Å². The third-order valence-corrected chi connectivity index (χ3v) is 5.20. The lowest BCUT2D eigenvalue weighted by Crippen LogP contribution is -2.29. The summed E-state index contributed by atoms with van der Waals surface area (Å²) in [6.45, 7) is -4.03. The van der Waals surface area contributed by atoms with Crippen LogP contribution in [0.1, 0.15) is 0 Å². The quantitative estimate of drug-likeness (QED) is 0.639. The van der Waals surface area contributed by atoms with Gasteiger partial charge in [-0.3, -0.25) is 4.31 Å². The van der Waals surface area contributed by atoms with Gasteiger partial charge in [0, 0.05) is 5.69 Å². The van der Waals surface area contributed by atoms with Gasteiger partial charge >= 0.3 is 0 Å². The summed E-state index contributed by atoms with van der Waals surface area (Å²) in [6.07, 6.45) is 1.45. The molecular weight excluding hydrogens is 329 g/mol. The first-order chi connectivity index (χ1) is 7.67. The molecule has 0 aliphatic carbocycles. The second-order valence-corrected chi connectivity index (χ2v) is 15.8. The fraction of sp³-hybridized carbons (Fsp3) is 0.250. The molecular formula is C8H12Cl3NO3S2. The number of hydrogen-bond acceptors (Lipinski definition) is 4. The highest BCUT2D eigenvalue weighted by atomic mass is 36.2. The van der Waals surface area contributed by atoms with Crippen LogP contribution in [0, 0.1) is 0 Å². The molecule has 17 heavy (non-hydrogen) atoms. The van der Waals surface area contributed by atoms with E-state index >= 15 is 0 Å². The third kappa shape index (κ3) is 5.11. The van der Waals surface area contributed by atoms with Crippen molar-refractivity contribution in [3.05, 3.63) is 30.3 Å². The van der Waals surface area contributed by atoms with Gasteiger partial charge < -0.3 is 0 Å². The van der Waals surface area contributed by atoms with Gasteiger partial charge in [-0.05, 0) is 50.4 Å². The van der Waals surface area contributed by atoms with E-state index in [0.29, 0.717) is 5.69 Å². The highest BCUT2D eigenvalue weighted by Crippen LogP contribution is 2.82. The van der Waals surface area contributed by atoms with Gasteiger partial charge in [-0.15, -0.1) is 0 Å². The minimum atomic E-state index is -3.71. The molecule has 0 saturated heterocycles. The number of nitrogens with zero attached hydrogens (tertiary/aromatic N) is 1. The number of halogens is 3. The lowest BCUT2D eigenvalue weighted by molar-refractivity contribution is 0.348. The molecule has 0 spiro atoms. The van der Waals surface area contributed by atoms with Gasteiger partial charge in [0.2, 0.25) is 0 Å². The maximum absolute atomic E-state index is 10.4. The van der Waals surface area contributed by atoms with Crippen LogP contribution in [0.5, 0.6) is 0 Å². The van der Waals surface area contributed by atoms with E-state index in [0.717, 1.165) is 0 Å². The van der Waals surface area contributed by atoms with Crippen LogP contribution in [-0.2, 0) is 15.2 Å². The number of thiol groups is 2. The minimum Gasteiger partial charge on any atom is -0.292 e. The van der Waals surface area contributed by atoms with Gasteiger partial charge in [0.05, 0.1) is 0 Å². The second-order valence-electron chi connectivity index (χ2n) is 3.34. The summed E-state index contributed by atoms with van der Waals surface area (Å²) in [5.41, 5.74) is 0.588. The largest absolute Gasteiger partial charge is 0.292 e. The highest BCUT2D eigenvalue weighted by Gasteiger charge is 2.34. The smallest absolute Gasteiger partial charge is 0.258 e. The lowest BCUT2D eigenvalue weighted by atomic mass is 10.3. The molecule has 0 aliphatic rings. The minimum absolute atomic E-state index is 0.326. The monoisotopic (exact) mass is 339 g/mol. The summed E-state index contributed by atoms with van der Waals surface area (Å²) in [4.78, 5) is 0. The molecule has 0 fully saturated rings. The van der Waals surface area contributed by atoms with Gasteiger partial charge in [0.1, 0.15) is 6.73 Å². The summed E-state index contributed by atoms with van der Waals surface area (Å²) in [6, 6.07) is 8.73. The number of para-hydroxylation sites is 1. The third-order valence-electron chi connectivity index (χ3n) is 1.85. The highest BCUT2D eigenvalue weighted by molar-refractivity contribution is 8.91. The van der Waals surface area contributed by atoms with E-state index in [1.807, 2.05) is 0 Å². The number of anilines is 1. The zero-order valence-corrected chi connectivity index (χ0v) is 12.9. The van der Waals surface area contributed by atoms with Gasteiger partial charge in [0.15, 0.2) is 0 Å². The molecule has 100 valence electrons. The first-order valence-corrected chi connectivity index (χ1v) is 10.9. The van der Waals surface area contributed by atoms with E-state index in [-0.39, 0.29) is 6.73 Å². The maximum Gasteiger partial charge on any atom is 0.258 e. The first-order valence-electron chi connectivity index (χ1n) is 4.44. The molecule has 1 rings (SSSR count). The predicted octanol–water partition coefficient (Wildman–Crippen LogP) is 3.07. The van der Waals surface area contributed by atoms with Crippen LogP contribution in [0.4, 0.5) is 5.69 Å². The Bertz CT molecular complexity index is 441. The first kappa shape index (κ1) is 15.2. The van der Waals surface area contributed by atoms with Crippen LogP contribution in [0.25, 0.3) is 0 Å². The van der Waals surface area contributed by atoms with Crippen molar-refractivity contribution in [2.24, 2.45) is 0 Å². The van der Waals surface area contributed by atoms with Crippen LogP contribution in [-0.4, -0.2) is 21.4 Å². The summed E-state index contributed by atoms with van der Waals surface area (Å²) in [7, 11) is 15.3. The molecule has 0 bridgehead atoms. The van der Waals surface area contributed by atoms with Gasteiger partial charge in [0.25, 0.3) is 11.0 Å². The van der Waals surface area contributed by atoms with Crippen molar-refractivity contribution >= 4 is 55.7 Å².